The topological polar surface area (TPSA) is 69.0 Å². The summed E-state index contributed by atoms with van der Waals surface area (Å²) in [4.78, 5) is 14.2. The summed E-state index contributed by atoms with van der Waals surface area (Å²) in [5.41, 5.74) is 2.87. The van der Waals surface area contributed by atoms with Crippen molar-refractivity contribution in [2.24, 2.45) is 5.10 Å². The van der Waals surface area contributed by atoms with Crippen molar-refractivity contribution >= 4 is 23.0 Å². The van der Waals surface area contributed by atoms with E-state index in [0.29, 0.717) is 17.9 Å². The van der Waals surface area contributed by atoms with Gasteiger partial charge in [0.25, 0.3) is 5.91 Å². The number of aromatic nitrogens is 2. The Bertz CT molecular complexity index is 1040. The molecule has 150 valence electrons. The van der Waals surface area contributed by atoms with Crippen LogP contribution < -0.4 is 9.47 Å². The zero-order valence-corrected chi connectivity index (χ0v) is 17.3. The number of ether oxygens (including phenoxy) is 2. The van der Waals surface area contributed by atoms with Crippen LogP contribution in [-0.2, 0) is 11.3 Å². The number of aryl methyl sites for hydroxylation is 1. The molecule has 3 aromatic rings. The Hall–Kier alpha value is -3.13. The number of amides is 1. The smallest absolute Gasteiger partial charge is 0.264 e. The van der Waals surface area contributed by atoms with Crippen molar-refractivity contribution in [1.29, 1.82) is 0 Å². The van der Waals surface area contributed by atoms with Gasteiger partial charge in [-0.15, -0.1) is 11.3 Å². The first-order valence-electron chi connectivity index (χ1n) is 9.23. The monoisotopic (exact) mass is 410 g/mol. The van der Waals surface area contributed by atoms with Crippen LogP contribution in [0.5, 0.6) is 11.5 Å². The number of hydrogen-bond acceptors (Lipinski definition) is 6. The number of benzene rings is 1. The van der Waals surface area contributed by atoms with Gasteiger partial charge in [0.2, 0.25) is 0 Å². The van der Waals surface area contributed by atoms with Gasteiger partial charge in [-0.3, -0.25) is 9.48 Å². The minimum atomic E-state index is -0.212. The van der Waals surface area contributed by atoms with Crippen LogP contribution in [0.25, 0.3) is 0 Å². The van der Waals surface area contributed by atoms with E-state index >= 15 is 0 Å². The standard InChI is InChI=1S/C21H22N4O3S/c1-14-11-22-24(12-14)13-21(26)25-17(10-16(23-25)20-5-4-8-29-20)15-6-7-18(27-2)19(9-15)28-3/h4-9,11-12,17H,10,13H2,1-3H3. The maximum atomic E-state index is 13.1. The molecule has 1 atom stereocenters. The van der Waals surface area contributed by atoms with E-state index in [-0.39, 0.29) is 18.5 Å². The van der Waals surface area contributed by atoms with Crippen molar-refractivity contribution in [1.82, 2.24) is 14.8 Å². The third-order valence-electron chi connectivity index (χ3n) is 4.82. The fraction of sp³-hybridized carbons (Fsp3) is 0.286. The normalized spacial score (nSPS) is 16.0. The number of carbonyl (C=O) groups excluding carboxylic acids is 1. The lowest BCUT2D eigenvalue weighted by atomic mass is 10.0. The van der Waals surface area contributed by atoms with E-state index in [1.807, 2.05) is 48.8 Å². The van der Waals surface area contributed by atoms with Gasteiger partial charge in [-0.05, 0) is 41.6 Å². The highest BCUT2D eigenvalue weighted by Gasteiger charge is 2.34. The van der Waals surface area contributed by atoms with Crippen LogP contribution in [0.2, 0.25) is 0 Å². The van der Waals surface area contributed by atoms with E-state index in [9.17, 15) is 4.79 Å². The largest absolute Gasteiger partial charge is 0.493 e. The minimum Gasteiger partial charge on any atom is -0.493 e. The molecule has 1 aliphatic heterocycles. The molecule has 3 heterocycles. The Labute approximate surface area is 173 Å². The Kier molecular flexibility index (Phi) is 5.35. The summed E-state index contributed by atoms with van der Waals surface area (Å²) in [7, 11) is 3.21. The lowest BCUT2D eigenvalue weighted by molar-refractivity contribution is -0.133. The molecule has 0 radical (unpaired) electrons. The Balaban J connectivity index is 1.66. The average Bonchev–Trinajstić information content (AvgIpc) is 3.47. The number of thiophene rings is 1. The van der Waals surface area contributed by atoms with Gasteiger partial charge in [0.15, 0.2) is 11.5 Å². The Morgan fingerprint density at radius 3 is 2.72 bits per heavy atom. The summed E-state index contributed by atoms with van der Waals surface area (Å²) in [6, 6.07) is 9.53. The first-order chi connectivity index (χ1) is 14.1. The molecule has 1 aromatic carbocycles. The molecule has 8 heteroatoms. The van der Waals surface area contributed by atoms with Crippen LogP contribution >= 0.6 is 11.3 Å². The summed E-state index contributed by atoms with van der Waals surface area (Å²) < 4.78 is 12.4. The quantitative estimate of drug-likeness (QED) is 0.622. The van der Waals surface area contributed by atoms with E-state index in [4.69, 9.17) is 9.47 Å². The highest BCUT2D eigenvalue weighted by Crippen LogP contribution is 2.37. The maximum absolute atomic E-state index is 13.1. The molecule has 0 saturated carbocycles. The molecule has 0 aliphatic carbocycles. The minimum absolute atomic E-state index is 0.112. The van der Waals surface area contributed by atoms with Crippen LogP contribution in [0, 0.1) is 6.92 Å². The van der Waals surface area contributed by atoms with Crippen molar-refractivity contribution in [3.05, 3.63) is 64.1 Å². The first kappa shape index (κ1) is 19.2. The molecule has 2 aromatic heterocycles. The summed E-state index contributed by atoms with van der Waals surface area (Å²) in [6.07, 6.45) is 4.23. The van der Waals surface area contributed by atoms with Gasteiger partial charge >= 0.3 is 0 Å². The molecule has 4 rings (SSSR count). The fourth-order valence-corrected chi connectivity index (χ4v) is 4.14. The predicted molar refractivity (Wildman–Crippen MR) is 112 cm³/mol. The molecule has 7 nitrogen and oxygen atoms in total. The van der Waals surface area contributed by atoms with Crippen LogP contribution in [0.3, 0.4) is 0 Å². The molecule has 0 fully saturated rings. The van der Waals surface area contributed by atoms with E-state index in [1.54, 1.807) is 41.4 Å². The summed E-state index contributed by atoms with van der Waals surface area (Å²) in [5, 5.41) is 12.5. The molecule has 1 aliphatic rings. The van der Waals surface area contributed by atoms with Gasteiger partial charge in [0, 0.05) is 12.6 Å². The Morgan fingerprint density at radius 1 is 1.24 bits per heavy atom. The van der Waals surface area contributed by atoms with Gasteiger partial charge in [-0.2, -0.15) is 10.2 Å². The van der Waals surface area contributed by atoms with Crippen molar-refractivity contribution in [3.63, 3.8) is 0 Å². The highest BCUT2D eigenvalue weighted by atomic mass is 32.1. The van der Waals surface area contributed by atoms with Gasteiger partial charge in [0.05, 0.1) is 37.0 Å². The maximum Gasteiger partial charge on any atom is 0.264 e. The van der Waals surface area contributed by atoms with Gasteiger partial charge in [-0.1, -0.05) is 12.1 Å². The summed E-state index contributed by atoms with van der Waals surface area (Å²) in [5.74, 6) is 1.17. The second kappa shape index (κ2) is 8.08. The van der Waals surface area contributed by atoms with Crippen LogP contribution in [0.4, 0.5) is 0 Å². The third-order valence-corrected chi connectivity index (χ3v) is 5.74. The number of nitrogens with zero attached hydrogens (tertiary/aromatic N) is 4. The van der Waals surface area contributed by atoms with Gasteiger partial charge in [-0.25, -0.2) is 5.01 Å². The van der Waals surface area contributed by atoms with Crippen LogP contribution in [-0.4, -0.2) is 40.6 Å². The lowest BCUT2D eigenvalue weighted by Crippen LogP contribution is -2.30. The van der Waals surface area contributed by atoms with E-state index in [2.05, 4.69) is 10.2 Å². The molecule has 0 N–H and O–H groups in total. The van der Waals surface area contributed by atoms with Crippen molar-refractivity contribution in [2.45, 2.75) is 25.9 Å². The second-order valence-electron chi connectivity index (χ2n) is 6.81. The summed E-state index contributed by atoms with van der Waals surface area (Å²) in [6.45, 7) is 2.09. The number of rotatable bonds is 6. The molecule has 0 saturated heterocycles. The molecular formula is C21H22N4O3S. The second-order valence-corrected chi connectivity index (χ2v) is 7.76. The molecule has 29 heavy (non-hydrogen) atoms. The highest BCUT2D eigenvalue weighted by molar-refractivity contribution is 7.12. The molecular weight excluding hydrogens is 388 g/mol. The van der Waals surface area contributed by atoms with Crippen molar-refractivity contribution in [3.8, 4) is 11.5 Å². The SMILES string of the molecule is COc1ccc(C2CC(c3cccs3)=NN2C(=O)Cn2cc(C)cn2)cc1OC. The van der Waals surface area contributed by atoms with Gasteiger partial charge in [0.1, 0.15) is 6.54 Å². The van der Waals surface area contributed by atoms with E-state index in [0.717, 1.165) is 21.7 Å². The van der Waals surface area contributed by atoms with Crippen LogP contribution in [0.1, 0.15) is 28.5 Å². The number of hydrogen-bond donors (Lipinski definition) is 0. The van der Waals surface area contributed by atoms with Crippen molar-refractivity contribution in [2.75, 3.05) is 14.2 Å². The van der Waals surface area contributed by atoms with Crippen molar-refractivity contribution < 1.29 is 14.3 Å². The zero-order valence-electron chi connectivity index (χ0n) is 16.5. The fourth-order valence-electron chi connectivity index (χ4n) is 3.42. The number of methoxy groups -OCH3 is 2. The molecule has 1 amide bonds. The number of hydrazone groups is 1. The molecule has 1 unspecified atom stereocenters. The Morgan fingerprint density at radius 2 is 2.07 bits per heavy atom. The van der Waals surface area contributed by atoms with E-state index in [1.165, 1.54) is 0 Å². The average molecular weight is 410 g/mol. The lowest BCUT2D eigenvalue weighted by Gasteiger charge is -2.23. The van der Waals surface area contributed by atoms with Crippen LogP contribution in [0.15, 0.2) is 53.2 Å². The van der Waals surface area contributed by atoms with Gasteiger partial charge < -0.3 is 9.47 Å². The third kappa shape index (κ3) is 3.88. The number of carbonyl (C=O) groups is 1. The molecule has 0 spiro atoms. The first-order valence-corrected chi connectivity index (χ1v) is 10.1. The zero-order chi connectivity index (χ0) is 20.4. The molecule has 0 bridgehead atoms. The summed E-state index contributed by atoms with van der Waals surface area (Å²) >= 11 is 1.62. The predicted octanol–water partition coefficient (Wildman–Crippen LogP) is 3.65. The van der Waals surface area contributed by atoms with E-state index < -0.39 is 0 Å².